The number of aliphatic hydroxyl groups excluding tert-OH is 1. The van der Waals surface area contributed by atoms with E-state index in [0.29, 0.717) is 17.7 Å². The smallest absolute Gasteiger partial charge is 0.300 e. The Hall–Kier alpha value is -4.00. The van der Waals surface area contributed by atoms with Crippen LogP contribution in [-0.4, -0.2) is 23.4 Å². The molecule has 1 N–H and O–H groups in total. The van der Waals surface area contributed by atoms with Gasteiger partial charge in [-0.05, 0) is 61.2 Å². The van der Waals surface area contributed by atoms with Gasteiger partial charge in [0, 0.05) is 17.3 Å². The number of hydrogen-bond donors (Lipinski definition) is 1. The second kappa shape index (κ2) is 8.41. The average Bonchev–Trinajstić information content (AvgIpc) is 3.10. The molecule has 2 aliphatic rings. The lowest BCUT2D eigenvalue weighted by Crippen LogP contribution is -2.29. The topological polar surface area (TPSA) is 66.8 Å². The second-order valence-corrected chi connectivity index (χ2v) is 8.46. The van der Waals surface area contributed by atoms with Gasteiger partial charge >= 0.3 is 0 Å². The van der Waals surface area contributed by atoms with Gasteiger partial charge in [-0.3, -0.25) is 14.5 Å². The molecule has 0 aromatic heterocycles. The maximum absolute atomic E-state index is 14.1. The van der Waals surface area contributed by atoms with Gasteiger partial charge in [-0.15, -0.1) is 0 Å². The van der Waals surface area contributed by atoms with Crippen molar-refractivity contribution in [3.8, 4) is 5.75 Å². The van der Waals surface area contributed by atoms with E-state index in [4.69, 9.17) is 4.74 Å². The number of aliphatic hydroxyl groups is 1. The number of carbonyl (C=O) groups excluding carboxylic acids is 2. The molecule has 2 aliphatic heterocycles. The van der Waals surface area contributed by atoms with Gasteiger partial charge in [0.05, 0.1) is 18.2 Å². The van der Waals surface area contributed by atoms with Crippen LogP contribution in [-0.2, 0) is 16.0 Å². The summed E-state index contributed by atoms with van der Waals surface area (Å²) in [4.78, 5) is 27.5. The van der Waals surface area contributed by atoms with Gasteiger partial charge in [0.15, 0.2) is 11.6 Å². The van der Waals surface area contributed by atoms with Crippen molar-refractivity contribution in [2.45, 2.75) is 25.8 Å². The summed E-state index contributed by atoms with van der Waals surface area (Å²) in [7, 11) is 0. The first-order valence-electron chi connectivity index (χ1n) is 10.9. The highest BCUT2D eigenvalue weighted by molar-refractivity contribution is 6.51. The van der Waals surface area contributed by atoms with E-state index >= 15 is 0 Å². The van der Waals surface area contributed by atoms with Gasteiger partial charge in [-0.25, -0.2) is 8.78 Å². The average molecular weight is 461 g/mol. The fraction of sp³-hybridized carbons (Fsp3) is 0.185. The summed E-state index contributed by atoms with van der Waals surface area (Å²) in [6.45, 7) is 2.47. The summed E-state index contributed by atoms with van der Waals surface area (Å²) in [6.07, 6.45) is 1.60. The molecular weight excluding hydrogens is 440 g/mol. The van der Waals surface area contributed by atoms with Crippen molar-refractivity contribution < 1.29 is 28.2 Å². The third-order valence-electron chi connectivity index (χ3n) is 6.17. The van der Waals surface area contributed by atoms with E-state index in [9.17, 15) is 23.5 Å². The molecule has 5 rings (SSSR count). The summed E-state index contributed by atoms with van der Waals surface area (Å²) in [5, 5.41) is 11.3. The molecule has 1 atom stereocenters. The molecule has 2 heterocycles. The van der Waals surface area contributed by atoms with E-state index in [1.807, 2.05) is 13.0 Å². The monoisotopic (exact) mass is 461 g/mol. The Bertz CT molecular complexity index is 1360. The van der Waals surface area contributed by atoms with Crippen LogP contribution in [0.25, 0.3) is 5.76 Å². The molecule has 3 aromatic carbocycles. The van der Waals surface area contributed by atoms with E-state index in [2.05, 4.69) is 0 Å². The van der Waals surface area contributed by atoms with Crippen molar-refractivity contribution >= 4 is 23.1 Å². The molecule has 1 amide bonds. The van der Waals surface area contributed by atoms with E-state index < -0.39 is 29.4 Å². The van der Waals surface area contributed by atoms with Gasteiger partial charge in [0.2, 0.25) is 0 Å². The quantitative estimate of drug-likeness (QED) is 0.330. The number of fused-ring (bicyclic) bond motifs is 1. The normalized spacial score (nSPS) is 19.1. The zero-order chi connectivity index (χ0) is 24.0. The van der Waals surface area contributed by atoms with Crippen molar-refractivity contribution in [2.75, 3.05) is 11.5 Å². The second-order valence-electron chi connectivity index (χ2n) is 8.46. The minimum absolute atomic E-state index is 0.0189. The third kappa shape index (κ3) is 3.63. The summed E-state index contributed by atoms with van der Waals surface area (Å²) in [5.41, 5.74) is 2.62. The number of hydrogen-bond acceptors (Lipinski definition) is 4. The number of nitrogens with zero attached hydrogens (tertiary/aromatic N) is 1. The largest absolute Gasteiger partial charge is 0.507 e. The maximum atomic E-state index is 14.1. The maximum Gasteiger partial charge on any atom is 0.300 e. The van der Waals surface area contributed by atoms with Crippen LogP contribution >= 0.6 is 0 Å². The van der Waals surface area contributed by atoms with Crippen LogP contribution in [0.2, 0.25) is 0 Å². The lowest BCUT2D eigenvalue weighted by atomic mass is 9.93. The molecule has 5 nitrogen and oxygen atoms in total. The molecule has 0 bridgehead atoms. The van der Waals surface area contributed by atoms with Crippen molar-refractivity contribution in [1.82, 2.24) is 0 Å². The molecule has 0 spiro atoms. The van der Waals surface area contributed by atoms with Gasteiger partial charge in [0.25, 0.3) is 11.7 Å². The Morgan fingerprint density at radius 1 is 1.03 bits per heavy atom. The molecular formula is C27H21F2NO4. The van der Waals surface area contributed by atoms with Crippen LogP contribution in [0.3, 0.4) is 0 Å². The number of ketones is 1. The lowest BCUT2D eigenvalue weighted by molar-refractivity contribution is -0.132. The predicted molar refractivity (Wildman–Crippen MR) is 123 cm³/mol. The minimum Gasteiger partial charge on any atom is -0.507 e. The summed E-state index contributed by atoms with van der Waals surface area (Å²) in [5.74, 6) is -3.65. The first-order chi connectivity index (χ1) is 16.3. The standard InChI is InChI=1S/C27H21F2NO4/c1-15-4-2-5-17(12-15)24-23(25(31)18-7-10-22-16(13-18)6-3-11-34-22)26(32)27(33)30(24)19-8-9-20(28)21(29)14-19/h2,4-5,7-10,12-14,24,31H,3,6,11H2,1H3/b25-23-. The fourth-order valence-electron chi connectivity index (χ4n) is 4.55. The first-order valence-corrected chi connectivity index (χ1v) is 10.9. The number of benzene rings is 3. The highest BCUT2D eigenvalue weighted by atomic mass is 19.2. The molecule has 0 aliphatic carbocycles. The Balaban J connectivity index is 1.71. The van der Waals surface area contributed by atoms with Crippen molar-refractivity contribution in [3.05, 3.63) is 100 Å². The predicted octanol–water partition coefficient (Wildman–Crippen LogP) is 5.22. The van der Waals surface area contributed by atoms with E-state index in [1.165, 1.54) is 6.07 Å². The molecule has 1 fully saturated rings. The first kappa shape index (κ1) is 21.8. The van der Waals surface area contributed by atoms with Gasteiger partial charge in [-0.2, -0.15) is 0 Å². The van der Waals surface area contributed by atoms with E-state index in [1.54, 1.807) is 36.4 Å². The number of halogens is 2. The molecule has 172 valence electrons. The number of carbonyl (C=O) groups is 2. The Morgan fingerprint density at radius 2 is 1.85 bits per heavy atom. The number of amides is 1. The van der Waals surface area contributed by atoms with Crippen LogP contribution < -0.4 is 9.64 Å². The summed E-state index contributed by atoms with van der Waals surface area (Å²) >= 11 is 0. The molecule has 7 heteroatoms. The molecule has 34 heavy (non-hydrogen) atoms. The van der Waals surface area contributed by atoms with Crippen molar-refractivity contribution in [2.24, 2.45) is 0 Å². The van der Waals surface area contributed by atoms with Crippen LogP contribution in [0.4, 0.5) is 14.5 Å². The summed E-state index contributed by atoms with van der Waals surface area (Å²) in [6, 6.07) is 14.3. The number of anilines is 1. The number of rotatable bonds is 3. The van der Waals surface area contributed by atoms with Crippen LogP contribution in [0, 0.1) is 18.6 Å². The zero-order valence-electron chi connectivity index (χ0n) is 18.3. The zero-order valence-corrected chi connectivity index (χ0v) is 18.3. The lowest BCUT2D eigenvalue weighted by Gasteiger charge is -2.26. The molecule has 3 aromatic rings. The molecule has 0 radical (unpaired) electrons. The van der Waals surface area contributed by atoms with Crippen LogP contribution in [0.5, 0.6) is 5.75 Å². The SMILES string of the molecule is Cc1cccc(C2/C(=C(/O)c3ccc4c(c3)CCCO4)C(=O)C(=O)N2c2ccc(F)c(F)c2)c1. The Morgan fingerprint density at radius 3 is 2.62 bits per heavy atom. The van der Waals surface area contributed by atoms with Crippen LogP contribution in [0.1, 0.15) is 34.7 Å². The van der Waals surface area contributed by atoms with Gasteiger partial charge in [0.1, 0.15) is 11.5 Å². The molecule has 0 saturated carbocycles. The summed E-state index contributed by atoms with van der Waals surface area (Å²) < 4.78 is 33.3. The Labute approximate surface area is 194 Å². The highest BCUT2D eigenvalue weighted by Crippen LogP contribution is 2.43. The van der Waals surface area contributed by atoms with E-state index in [0.717, 1.165) is 46.8 Å². The fourth-order valence-corrected chi connectivity index (χ4v) is 4.55. The number of ether oxygens (including phenoxy) is 1. The van der Waals surface area contributed by atoms with E-state index in [-0.39, 0.29) is 17.0 Å². The third-order valence-corrected chi connectivity index (χ3v) is 6.17. The highest BCUT2D eigenvalue weighted by Gasteiger charge is 2.47. The number of aryl methyl sites for hydroxylation is 2. The van der Waals surface area contributed by atoms with Crippen molar-refractivity contribution in [3.63, 3.8) is 0 Å². The minimum atomic E-state index is -1.14. The van der Waals surface area contributed by atoms with Crippen molar-refractivity contribution in [1.29, 1.82) is 0 Å². The van der Waals surface area contributed by atoms with Gasteiger partial charge in [-0.1, -0.05) is 29.8 Å². The Kier molecular flexibility index (Phi) is 5.40. The number of Topliss-reactive ketones (excluding diaryl/α,β-unsaturated/α-hetero) is 1. The molecule has 1 saturated heterocycles. The molecule has 1 unspecified atom stereocenters. The van der Waals surface area contributed by atoms with Gasteiger partial charge < -0.3 is 9.84 Å². The van der Waals surface area contributed by atoms with Crippen LogP contribution in [0.15, 0.2) is 66.2 Å².